The molecule has 2 aliphatic carbocycles. The first-order valence-corrected chi connectivity index (χ1v) is 8.23. The minimum absolute atomic E-state index is 0.0928. The second kappa shape index (κ2) is 4.76. The van der Waals surface area contributed by atoms with Crippen LogP contribution in [0.2, 0.25) is 0 Å². The van der Waals surface area contributed by atoms with Crippen LogP contribution >= 0.6 is 0 Å². The smallest absolute Gasteiger partial charge is 0.0594 e. The molecule has 0 aromatic carbocycles. The highest BCUT2D eigenvalue weighted by Gasteiger charge is 2.53. The number of hydrogen-bond acceptors (Lipinski definition) is 1. The quantitative estimate of drug-likeness (QED) is 0.706. The highest BCUT2D eigenvalue weighted by molar-refractivity contribution is 5.02. The van der Waals surface area contributed by atoms with E-state index in [0.717, 1.165) is 12.3 Å². The summed E-state index contributed by atoms with van der Waals surface area (Å²) in [5.41, 5.74) is 1.04. The molecule has 1 nitrogen and oxygen atoms in total. The predicted molar refractivity (Wildman–Crippen MR) is 82.0 cm³/mol. The van der Waals surface area contributed by atoms with Gasteiger partial charge in [-0.2, -0.15) is 0 Å². The Labute approximate surface area is 120 Å². The largest absolute Gasteiger partial charge is 0.393 e. The van der Waals surface area contributed by atoms with Crippen molar-refractivity contribution in [1.82, 2.24) is 0 Å². The normalized spacial score (nSPS) is 42.8. The molecule has 0 aliphatic heterocycles. The van der Waals surface area contributed by atoms with Crippen LogP contribution in [0.3, 0.4) is 0 Å². The van der Waals surface area contributed by atoms with Crippen molar-refractivity contribution in [2.75, 3.05) is 0 Å². The standard InChI is InChI=1S/C18H34O/c1-16(2,3)11-13-7-8-14-17(4,5)15(19)9-10-18(14,6)12-13/h13-15,19H,7-12H2,1-6H3. The molecule has 2 aliphatic rings. The van der Waals surface area contributed by atoms with Gasteiger partial charge in [-0.3, -0.25) is 0 Å². The third-order valence-corrected chi connectivity index (χ3v) is 6.11. The summed E-state index contributed by atoms with van der Waals surface area (Å²) in [5, 5.41) is 10.3. The molecule has 0 bridgehead atoms. The lowest BCUT2D eigenvalue weighted by Gasteiger charge is -2.57. The molecule has 0 heterocycles. The van der Waals surface area contributed by atoms with Crippen LogP contribution in [0.4, 0.5) is 0 Å². The van der Waals surface area contributed by atoms with Crippen LogP contribution in [0.25, 0.3) is 0 Å². The first-order valence-electron chi connectivity index (χ1n) is 8.23. The second-order valence-corrected chi connectivity index (χ2v) is 9.49. The van der Waals surface area contributed by atoms with E-state index in [4.69, 9.17) is 0 Å². The first-order chi connectivity index (χ1) is 8.55. The van der Waals surface area contributed by atoms with Gasteiger partial charge in [0.25, 0.3) is 0 Å². The SMILES string of the molecule is CC(C)(C)CC1CCC2C(C)(CCC(O)C2(C)C)C1. The predicted octanol–water partition coefficient (Wildman–Crippen LogP) is 5.03. The van der Waals surface area contributed by atoms with E-state index in [9.17, 15) is 5.11 Å². The number of fused-ring (bicyclic) bond motifs is 1. The molecule has 0 spiro atoms. The Morgan fingerprint density at radius 3 is 2.26 bits per heavy atom. The Morgan fingerprint density at radius 2 is 1.68 bits per heavy atom. The Morgan fingerprint density at radius 1 is 1.05 bits per heavy atom. The van der Waals surface area contributed by atoms with Gasteiger partial charge in [-0.25, -0.2) is 0 Å². The van der Waals surface area contributed by atoms with Crippen molar-refractivity contribution in [3.63, 3.8) is 0 Å². The highest BCUT2D eigenvalue weighted by Crippen LogP contribution is 2.59. The van der Waals surface area contributed by atoms with Crippen molar-refractivity contribution in [2.45, 2.75) is 86.2 Å². The van der Waals surface area contributed by atoms with Crippen molar-refractivity contribution in [3.05, 3.63) is 0 Å². The molecular formula is C18H34O. The minimum atomic E-state index is -0.0928. The molecule has 0 radical (unpaired) electrons. The maximum atomic E-state index is 10.3. The van der Waals surface area contributed by atoms with Gasteiger partial charge in [0.1, 0.15) is 0 Å². The lowest BCUT2D eigenvalue weighted by molar-refractivity contribution is -0.123. The maximum Gasteiger partial charge on any atom is 0.0594 e. The lowest BCUT2D eigenvalue weighted by Crippen LogP contribution is -2.52. The van der Waals surface area contributed by atoms with E-state index in [2.05, 4.69) is 41.5 Å². The topological polar surface area (TPSA) is 20.2 Å². The average molecular weight is 266 g/mol. The van der Waals surface area contributed by atoms with E-state index < -0.39 is 0 Å². The van der Waals surface area contributed by atoms with Crippen LogP contribution in [0.1, 0.15) is 80.1 Å². The highest BCUT2D eigenvalue weighted by atomic mass is 16.3. The zero-order valence-electron chi connectivity index (χ0n) is 13.9. The lowest BCUT2D eigenvalue weighted by atomic mass is 9.49. The summed E-state index contributed by atoms with van der Waals surface area (Å²) < 4.78 is 0. The molecule has 112 valence electrons. The van der Waals surface area contributed by atoms with Crippen molar-refractivity contribution in [3.8, 4) is 0 Å². The molecule has 2 rings (SSSR count). The van der Waals surface area contributed by atoms with Gasteiger partial charge >= 0.3 is 0 Å². The van der Waals surface area contributed by atoms with Crippen LogP contribution in [0, 0.1) is 28.1 Å². The number of rotatable bonds is 1. The third-order valence-electron chi connectivity index (χ3n) is 6.11. The molecule has 4 unspecified atom stereocenters. The third kappa shape index (κ3) is 3.01. The fraction of sp³-hybridized carbons (Fsp3) is 1.00. The molecule has 19 heavy (non-hydrogen) atoms. The zero-order valence-corrected chi connectivity index (χ0v) is 13.9. The number of hydrogen-bond donors (Lipinski definition) is 1. The molecule has 0 saturated heterocycles. The van der Waals surface area contributed by atoms with E-state index in [-0.39, 0.29) is 11.5 Å². The summed E-state index contributed by atoms with van der Waals surface area (Å²) >= 11 is 0. The number of aliphatic hydroxyl groups is 1. The van der Waals surface area contributed by atoms with Crippen molar-refractivity contribution in [2.24, 2.45) is 28.1 Å². The molecule has 0 aromatic rings. The molecule has 0 aromatic heterocycles. The number of aliphatic hydroxyl groups excluding tert-OH is 1. The Kier molecular flexibility index (Phi) is 3.84. The molecule has 0 amide bonds. The molecule has 4 atom stereocenters. The average Bonchev–Trinajstić information content (AvgIpc) is 2.21. The Bertz CT molecular complexity index is 325. The van der Waals surface area contributed by atoms with Crippen LogP contribution in [-0.4, -0.2) is 11.2 Å². The molecule has 1 heteroatoms. The Balaban J connectivity index is 2.12. The van der Waals surface area contributed by atoms with Gasteiger partial charge in [-0.05, 0) is 60.2 Å². The summed E-state index contributed by atoms with van der Waals surface area (Å²) in [4.78, 5) is 0. The van der Waals surface area contributed by atoms with Crippen LogP contribution in [-0.2, 0) is 0 Å². The summed E-state index contributed by atoms with van der Waals surface area (Å²) in [7, 11) is 0. The van der Waals surface area contributed by atoms with Gasteiger partial charge in [-0.1, -0.05) is 48.0 Å². The van der Waals surface area contributed by atoms with Gasteiger partial charge < -0.3 is 5.11 Å². The summed E-state index contributed by atoms with van der Waals surface area (Å²) in [6, 6.07) is 0. The van der Waals surface area contributed by atoms with E-state index >= 15 is 0 Å². The monoisotopic (exact) mass is 266 g/mol. The Hall–Kier alpha value is -0.0400. The second-order valence-electron chi connectivity index (χ2n) is 9.49. The summed E-state index contributed by atoms with van der Waals surface area (Å²) in [5.74, 6) is 1.60. The van der Waals surface area contributed by atoms with Gasteiger partial charge in [0.15, 0.2) is 0 Å². The van der Waals surface area contributed by atoms with Crippen molar-refractivity contribution >= 4 is 0 Å². The van der Waals surface area contributed by atoms with E-state index in [1.165, 1.54) is 32.1 Å². The first kappa shape index (κ1) is 15.4. The van der Waals surface area contributed by atoms with Crippen LogP contribution in [0.15, 0.2) is 0 Å². The van der Waals surface area contributed by atoms with E-state index in [1.807, 2.05) is 0 Å². The molecular weight excluding hydrogens is 232 g/mol. The molecule has 1 N–H and O–H groups in total. The van der Waals surface area contributed by atoms with Gasteiger partial charge in [-0.15, -0.1) is 0 Å². The fourth-order valence-corrected chi connectivity index (χ4v) is 5.31. The van der Waals surface area contributed by atoms with Gasteiger partial charge in [0.05, 0.1) is 6.10 Å². The van der Waals surface area contributed by atoms with E-state index in [1.54, 1.807) is 0 Å². The van der Waals surface area contributed by atoms with Crippen molar-refractivity contribution < 1.29 is 5.11 Å². The molecule has 2 fully saturated rings. The summed E-state index contributed by atoms with van der Waals surface area (Å²) in [6.45, 7) is 14.2. The van der Waals surface area contributed by atoms with Crippen LogP contribution in [0.5, 0.6) is 0 Å². The molecule has 2 saturated carbocycles. The van der Waals surface area contributed by atoms with Crippen LogP contribution < -0.4 is 0 Å². The van der Waals surface area contributed by atoms with E-state index in [0.29, 0.717) is 16.7 Å². The summed E-state index contributed by atoms with van der Waals surface area (Å²) in [6.07, 6.45) is 7.56. The van der Waals surface area contributed by atoms with Gasteiger partial charge in [0, 0.05) is 0 Å². The fourth-order valence-electron chi connectivity index (χ4n) is 5.31. The van der Waals surface area contributed by atoms with Gasteiger partial charge in [0.2, 0.25) is 0 Å². The zero-order chi connectivity index (χ0) is 14.5. The maximum absolute atomic E-state index is 10.3. The minimum Gasteiger partial charge on any atom is -0.393 e. The van der Waals surface area contributed by atoms with Crippen molar-refractivity contribution in [1.29, 1.82) is 0 Å².